The van der Waals surface area contributed by atoms with Crippen LogP contribution in [0.15, 0.2) is 36.5 Å². The smallest absolute Gasteiger partial charge is 0.356 e. The quantitative estimate of drug-likeness (QED) is 0.449. The highest BCUT2D eigenvalue weighted by Crippen LogP contribution is 2.36. The number of morpholine rings is 1. The maximum atomic E-state index is 12.0. The SMILES string of the molecule is COC(=O)c1[nH]ncc1CN1CC[C@](O)(c2ccccc2)[C@H](N2CCOCC2)C1.O=CO. The van der Waals surface area contributed by atoms with E-state index < -0.39 is 11.6 Å². The number of piperidine rings is 1. The van der Waals surface area contributed by atoms with E-state index in [1.807, 2.05) is 30.3 Å². The van der Waals surface area contributed by atoms with Gasteiger partial charge in [-0.2, -0.15) is 5.10 Å². The maximum Gasteiger partial charge on any atom is 0.356 e. The van der Waals surface area contributed by atoms with Crippen molar-refractivity contribution in [2.24, 2.45) is 0 Å². The van der Waals surface area contributed by atoms with Crippen LogP contribution in [-0.2, 0) is 26.4 Å². The molecular formula is C22H30N4O6. The number of rotatable bonds is 5. The van der Waals surface area contributed by atoms with E-state index in [4.69, 9.17) is 19.4 Å². The summed E-state index contributed by atoms with van der Waals surface area (Å²) in [5.74, 6) is -0.417. The third-order valence-electron chi connectivity index (χ3n) is 6.05. The van der Waals surface area contributed by atoms with Crippen molar-refractivity contribution in [2.75, 3.05) is 46.5 Å². The van der Waals surface area contributed by atoms with Crippen LogP contribution >= 0.6 is 0 Å². The second-order valence-corrected chi connectivity index (χ2v) is 7.81. The Morgan fingerprint density at radius 2 is 2.00 bits per heavy atom. The first-order valence-corrected chi connectivity index (χ1v) is 10.5. The molecule has 0 aliphatic carbocycles. The number of aliphatic hydroxyl groups is 1. The van der Waals surface area contributed by atoms with Gasteiger partial charge in [0.05, 0.1) is 32.6 Å². The molecule has 174 valence electrons. The van der Waals surface area contributed by atoms with Gasteiger partial charge in [-0.3, -0.25) is 19.7 Å². The Balaban J connectivity index is 0.000000913. The molecule has 2 aliphatic heterocycles. The lowest BCUT2D eigenvalue weighted by Crippen LogP contribution is -2.62. The minimum Gasteiger partial charge on any atom is -0.483 e. The summed E-state index contributed by atoms with van der Waals surface area (Å²) < 4.78 is 10.4. The van der Waals surface area contributed by atoms with Gasteiger partial charge < -0.3 is 19.7 Å². The van der Waals surface area contributed by atoms with Gasteiger partial charge >= 0.3 is 5.97 Å². The number of esters is 1. The Hall–Kier alpha value is -2.79. The first-order chi connectivity index (χ1) is 15.5. The van der Waals surface area contributed by atoms with Gasteiger partial charge in [0, 0.05) is 38.3 Å². The monoisotopic (exact) mass is 446 g/mol. The molecular weight excluding hydrogens is 416 g/mol. The summed E-state index contributed by atoms with van der Waals surface area (Å²) >= 11 is 0. The molecule has 0 radical (unpaired) electrons. The lowest BCUT2D eigenvalue weighted by Gasteiger charge is -2.50. The summed E-state index contributed by atoms with van der Waals surface area (Å²) in [5, 5.41) is 25.4. The number of hydrogen-bond acceptors (Lipinski definition) is 8. The van der Waals surface area contributed by atoms with Crippen molar-refractivity contribution in [1.29, 1.82) is 0 Å². The average molecular weight is 447 g/mol. The van der Waals surface area contributed by atoms with Crippen LogP contribution in [-0.4, -0.2) is 95.2 Å². The van der Waals surface area contributed by atoms with Gasteiger partial charge in [0.15, 0.2) is 0 Å². The molecule has 0 saturated carbocycles. The molecule has 2 aliphatic rings. The van der Waals surface area contributed by atoms with Crippen molar-refractivity contribution in [2.45, 2.75) is 24.6 Å². The molecule has 10 nitrogen and oxygen atoms in total. The number of ether oxygens (including phenoxy) is 2. The van der Waals surface area contributed by atoms with Crippen LogP contribution in [0.5, 0.6) is 0 Å². The van der Waals surface area contributed by atoms with E-state index in [9.17, 15) is 9.90 Å². The van der Waals surface area contributed by atoms with Gasteiger partial charge in [0.25, 0.3) is 6.47 Å². The molecule has 2 atom stereocenters. The summed E-state index contributed by atoms with van der Waals surface area (Å²) in [6, 6.07) is 9.88. The van der Waals surface area contributed by atoms with Crippen LogP contribution in [0, 0.1) is 0 Å². The number of benzene rings is 1. The number of carbonyl (C=O) groups excluding carboxylic acids is 1. The number of nitrogens with one attached hydrogen (secondary N) is 1. The van der Waals surface area contributed by atoms with Gasteiger partial charge in [-0.1, -0.05) is 30.3 Å². The minimum absolute atomic E-state index is 0.0592. The number of hydrogen-bond donors (Lipinski definition) is 3. The summed E-state index contributed by atoms with van der Waals surface area (Å²) in [6.07, 6.45) is 2.29. The molecule has 0 bridgehead atoms. The van der Waals surface area contributed by atoms with Crippen molar-refractivity contribution >= 4 is 12.4 Å². The number of nitrogens with zero attached hydrogens (tertiary/aromatic N) is 3. The standard InChI is InChI=1S/C21H28N4O4.CH2O2/c1-28-20(26)19-16(13-22-23-19)14-24-8-7-21(27,17-5-3-2-4-6-17)18(15-24)25-9-11-29-12-10-25;2-1-3/h2-6,13,18,27H,7-12,14-15H2,1H3,(H,22,23);1H,(H,2,3)/t18-,21+;/m1./s1. The van der Waals surface area contributed by atoms with E-state index in [1.165, 1.54) is 7.11 Å². The highest BCUT2D eigenvalue weighted by molar-refractivity contribution is 5.88. The first kappa shape index (κ1) is 23.9. The Bertz CT molecular complexity index is 870. The molecule has 1 aromatic heterocycles. The molecule has 2 aromatic rings. The van der Waals surface area contributed by atoms with Crippen molar-refractivity contribution in [3.05, 3.63) is 53.3 Å². The molecule has 3 heterocycles. The van der Waals surface area contributed by atoms with Gasteiger partial charge in [0.2, 0.25) is 0 Å². The average Bonchev–Trinajstić information content (AvgIpc) is 3.29. The second-order valence-electron chi connectivity index (χ2n) is 7.81. The summed E-state index contributed by atoms with van der Waals surface area (Å²) in [7, 11) is 1.36. The third kappa shape index (κ3) is 5.33. The molecule has 32 heavy (non-hydrogen) atoms. The Morgan fingerprint density at radius 1 is 1.31 bits per heavy atom. The lowest BCUT2D eigenvalue weighted by atomic mass is 9.79. The summed E-state index contributed by atoms with van der Waals surface area (Å²) in [6.45, 7) is 4.69. The molecule has 0 amide bonds. The molecule has 4 rings (SSSR count). The number of methoxy groups -OCH3 is 1. The van der Waals surface area contributed by atoms with Crippen molar-refractivity contribution < 1.29 is 29.3 Å². The van der Waals surface area contributed by atoms with Gasteiger partial charge in [-0.15, -0.1) is 0 Å². The van der Waals surface area contributed by atoms with E-state index >= 15 is 0 Å². The van der Waals surface area contributed by atoms with Gasteiger partial charge in [0.1, 0.15) is 11.3 Å². The predicted molar refractivity (Wildman–Crippen MR) is 115 cm³/mol. The van der Waals surface area contributed by atoms with Crippen molar-refractivity contribution in [1.82, 2.24) is 20.0 Å². The lowest BCUT2D eigenvalue weighted by molar-refractivity contribution is -0.122. The van der Waals surface area contributed by atoms with Crippen LogP contribution in [0.25, 0.3) is 0 Å². The third-order valence-corrected chi connectivity index (χ3v) is 6.05. The number of carbonyl (C=O) groups is 2. The Kier molecular flexibility index (Phi) is 8.34. The van der Waals surface area contributed by atoms with E-state index in [2.05, 4.69) is 20.0 Å². The minimum atomic E-state index is -0.920. The predicted octanol–water partition coefficient (Wildman–Crippen LogP) is 0.691. The highest BCUT2D eigenvalue weighted by Gasteiger charge is 2.46. The van der Waals surface area contributed by atoms with E-state index in [-0.39, 0.29) is 12.5 Å². The molecule has 0 unspecified atom stereocenters. The highest BCUT2D eigenvalue weighted by atomic mass is 16.5. The fourth-order valence-corrected chi connectivity index (χ4v) is 4.45. The Labute approximate surface area is 186 Å². The molecule has 3 N–H and O–H groups in total. The van der Waals surface area contributed by atoms with Crippen LogP contribution in [0.1, 0.15) is 28.0 Å². The number of H-pyrrole nitrogens is 1. The summed E-state index contributed by atoms with van der Waals surface area (Å²) in [5.41, 5.74) is 1.23. The van der Waals surface area contributed by atoms with E-state index in [1.54, 1.807) is 6.20 Å². The zero-order chi connectivity index (χ0) is 23.0. The van der Waals surface area contributed by atoms with Crippen LogP contribution in [0.4, 0.5) is 0 Å². The number of carboxylic acid groups (broad SMARTS) is 1. The molecule has 2 saturated heterocycles. The fraction of sp³-hybridized carbons (Fsp3) is 0.500. The zero-order valence-electron chi connectivity index (χ0n) is 18.1. The summed E-state index contributed by atoms with van der Waals surface area (Å²) in [4.78, 5) is 24.9. The van der Waals surface area contributed by atoms with Gasteiger partial charge in [-0.05, 0) is 12.0 Å². The van der Waals surface area contributed by atoms with E-state index in [0.29, 0.717) is 38.4 Å². The number of aromatic amines is 1. The molecule has 1 aromatic carbocycles. The first-order valence-electron chi connectivity index (χ1n) is 10.5. The number of likely N-dealkylation sites (tertiary alicyclic amines) is 1. The van der Waals surface area contributed by atoms with Crippen LogP contribution < -0.4 is 0 Å². The zero-order valence-corrected chi connectivity index (χ0v) is 18.1. The molecule has 0 spiro atoms. The largest absolute Gasteiger partial charge is 0.483 e. The normalized spacial score (nSPS) is 24.2. The van der Waals surface area contributed by atoms with Crippen LogP contribution in [0.3, 0.4) is 0 Å². The number of aromatic nitrogens is 2. The topological polar surface area (TPSA) is 128 Å². The van der Waals surface area contributed by atoms with Crippen molar-refractivity contribution in [3.8, 4) is 0 Å². The fourth-order valence-electron chi connectivity index (χ4n) is 4.45. The molecule has 2 fully saturated rings. The maximum absolute atomic E-state index is 12.0. The van der Waals surface area contributed by atoms with Gasteiger partial charge in [-0.25, -0.2) is 4.79 Å². The van der Waals surface area contributed by atoms with E-state index in [0.717, 1.165) is 30.8 Å². The molecule has 10 heteroatoms. The Morgan fingerprint density at radius 3 is 2.66 bits per heavy atom. The van der Waals surface area contributed by atoms with Crippen molar-refractivity contribution in [3.63, 3.8) is 0 Å². The second kappa shape index (κ2) is 11.2. The van der Waals surface area contributed by atoms with Crippen LogP contribution in [0.2, 0.25) is 0 Å².